The fraction of sp³-hybridized carbons (Fsp3) is 0.167. The Balaban J connectivity index is 1.70. The lowest BCUT2D eigenvalue weighted by molar-refractivity contribution is -0.115. The van der Waals surface area contributed by atoms with Crippen LogP contribution in [0.15, 0.2) is 65.6 Å². The number of aromatic nitrogens is 3. The fourth-order valence-corrected chi connectivity index (χ4v) is 3.39. The third-order valence-electron chi connectivity index (χ3n) is 5.14. The van der Waals surface area contributed by atoms with Gasteiger partial charge in [-0.05, 0) is 49.6 Å². The van der Waals surface area contributed by atoms with Gasteiger partial charge in [0.1, 0.15) is 12.0 Å². The highest BCUT2D eigenvalue weighted by atomic mass is 16.5. The Labute approximate surface area is 175 Å². The Kier molecular flexibility index (Phi) is 5.39. The average molecular weight is 398 g/mol. The summed E-state index contributed by atoms with van der Waals surface area (Å²) >= 11 is 0. The standard InChI is InChI=1S/C24H22N4O2/c1-15-6-4-9-19(12-15)23-22(20-10-11-25-14-26-20)24(30-28-23)27-21(29)13-18-8-5-7-16(2)17(18)3/h4-12,14H,13H2,1-3H3,(H,27,29). The number of benzene rings is 2. The smallest absolute Gasteiger partial charge is 0.241 e. The fourth-order valence-electron chi connectivity index (χ4n) is 3.39. The molecule has 6 heteroatoms. The number of amides is 1. The molecular weight excluding hydrogens is 376 g/mol. The van der Waals surface area contributed by atoms with Crippen molar-refractivity contribution in [2.24, 2.45) is 0 Å². The van der Waals surface area contributed by atoms with E-state index in [1.165, 1.54) is 6.33 Å². The van der Waals surface area contributed by atoms with Gasteiger partial charge in [-0.1, -0.05) is 47.1 Å². The largest absolute Gasteiger partial charge is 0.337 e. The number of hydrogen-bond donors (Lipinski definition) is 1. The van der Waals surface area contributed by atoms with E-state index in [4.69, 9.17) is 4.52 Å². The minimum absolute atomic E-state index is 0.175. The van der Waals surface area contributed by atoms with E-state index >= 15 is 0 Å². The number of rotatable bonds is 5. The zero-order chi connectivity index (χ0) is 21.1. The molecule has 0 unspecified atom stereocenters. The average Bonchev–Trinajstić information content (AvgIpc) is 3.15. The number of hydrogen-bond acceptors (Lipinski definition) is 5. The van der Waals surface area contributed by atoms with Crippen molar-refractivity contribution in [2.45, 2.75) is 27.2 Å². The number of nitrogens with zero attached hydrogens (tertiary/aromatic N) is 3. The summed E-state index contributed by atoms with van der Waals surface area (Å²) in [5.41, 5.74) is 7.13. The summed E-state index contributed by atoms with van der Waals surface area (Å²) in [6.07, 6.45) is 3.36. The molecule has 150 valence electrons. The first-order valence-corrected chi connectivity index (χ1v) is 9.71. The SMILES string of the molecule is Cc1cccc(-c2noc(NC(=O)Cc3cccc(C)c3C)c2-c2ccncn2)c1. The minimum atomic E-state index is -0.175. The maximum Gasteiger partial charge on any atom is 0.241 e. The van der Waals surface area contributed by atoms with Gasteiger partial charge in [0.15, 0.2) is 0 Å². The molecule has 0 aliphatic heterocycles. The van der Waals surface area contributed by atoms with Gasteiger partial charge >= 0.3 is 0 Å². The summed E-state index contributed by atoms with van der Waals surface area (Å²) in [4.78, 5) is 21.1. The molecule has 2 heterocycles. The van der Waals surface area contributed by atoms with Crippen LogP contribution in [-0.2, 0) is 11.2 Å². The summed E-state index contributed by atoms with van der Waals surface area (Å²) in [6.45, 7) is 6.07. The molecule has 2 aromatic carbocycles. The van der Waals surface area contributed by atoms with Crippen LogP contribution in [0.4, 0.5) is 5.88 Å². The minimum Gasteiger partial charge on any atom is -0.337 e. The molecule has 1 N–H and O–H groups in total. The third-order valence-corrected chi connectivity index (χ3v) is 5.14. The van der Waals surface area contributed by atoms with Gasteiger partial charge in [0, 0.05) is 11.8 Å². The summed E-state index contributed by atoms with van der Waals surface area (Å²) in [5.74, 6) is 0.103. The molecule has 0 atom stereocenters. The first kappa shape index (κ1) is 19.5. The maximum atomic E-state index is 12.8. The van der Waals surface area contributed by atoms with E-state index in [1.807, 2.05) is 63.2 Å². The molecule has 0 bridgehead atoms. The molecule has 0 aliphatic carbocycles. The van der Waals surface area contributed by atoms with Gasteiger partial charge in [0.05, 0.1) is 17.7 Å². The molecule has 4 aromatic rings. The van der Waals surface area contributed by atoms with Crippen LogP contribution >= 0.6 is 0 Å². The van der Waals surface area contributed by atoms with Gasteiger partial charge < -0.3 is 4.52 Å². The van der Waals surface area contributed by atoms with E-state index in [-0.39, 0.29) is 18.2 Å². The lowest BCUT2D eigenvalue weighted by atomic mass is 10.0. The Morgan fingerprint density at radius 2 is 1.90 bits per heavy atom. The Morgan fingerprint density at radius 1 is 1.07 bits per heavy atom. The van der Waals surface area contributed by atoms with Crippen LogP contribution in [0.25, 0.3) is 22.5 Å². The zero-order valence-electron chi connectivity index (χ0n) is 17.1. The van der Waals surface area contributed by atoms with Crippen molar-refractivity contribution in [1.29, 1.82) is 0 Å². The molecule has 30 heavy (non-hydrogen) atoms. The summed E-state index contributed by atoms with van der Waals surface area (Å²) in [6, 6.07) is 15.7. The van der Waals surface area contributed by atoms with Crippen LogP contribution < -0.4 is 5.32 Å². The second-order valence-electron chi connectivity index (χ2n) is 7.28. The molecule has 4 rings (SSSR count). The first-order chi connectivity index (χ1) is 14.5. The lowest BCUT2D eigenvalue weighted by Gasteiger charge is -2.09. The highest BCUT2D eigenvalue weighted by Crippen LogP contribution is 2.36. The van der Waals surface area contributed by atoms with Crippen molar-refractivity contribution >= 4 is 11.8 Å². The molecule has 0 spiro atoms. The lowest BCUT2D eigenvalue weighted by Crippen LogP contribution is -2.15. The highest BCUT2D eigenvalue weighted by molar-refractivity contribution is 5.97. The molecular formula is C24H22N4O2. The maximum absolute atomic E-state index is 12.8. The molecule has 1 amide bonds. The number of aryl methyl sites for hydroxylation is 2. The predicted molar refractivity (Wildman–Crippen MR) is 116 cm³/mol. The molecule has 0 fully saturated rings. The van der Waals surface area contributed by atoms with Gasteiger partial charge in [-0.3, -0.25) is 10.1 Å². The number of anilines is 1. The monoisotopic (exact) mass is 398 g/mol. The molecule has 6 nitrogen and oxygen atoms in total. The molecule has 0 radical (unpaired) electrons. The van der Waals surface area contributed by atoms with Crippen LogP contribution in [0.1, 0.15) is 22.3 Å². The second-order valence-corrected chi connectivity index (χ2v) is 7.28. The Morgan fingerprint density at radius 3 is 2.67 bits per heavy atom. The van der Waals surface area contributed by atoms with Gasteiger partial charge in [0.2, 0.25) is 11.8 Å². The van der Waals surface area contributed by atoms with E-state index in [0.29, 0.717) is 17.0 Å². The quantitative estimate of drug-likeness (QED) is 0.517. The molecule has 0 aliphatic rings. The van der Waals surface area contributed by atoms with E-state index < -0.39 is 0 Å². The van der Waals surface area contributed by atoms with Crippen molar-refractivity contribution in [3.05, 3.63) is 83.3 Å². The third kappa shape index (κ3) is 3.98. The van der Waals surface area contributed by atoms with Gasteiger partial charge in [-0.25, -0.2) is 9.97 Å². The number of carbonyl (C=O) groups excluding carboxylic acids is 1. The van der Waals surface area contributed by atoms with Crippen LogP contribution in [0.3, 0.4) is 0 Å². The van der Waals surface area contributed by atoms with Crippen molar-refractivity contribution in [3.8, 4) is 22.5 Å². The van der Waals surface area contributed by atoms with Crippen molar-refractivity contribution in [3.63, 3.8) is 0 Å². The second kappa shape index (κ2) is 8.29. The van der Waals surface area contributed by atoms with Crippen LogP contribution in [0.5, 0.6) is 0 Å². The van der Waals surface area contributed by atoms with Crippen molar-refractivity contribution in [2.75, 3.05) is 5.32 Å². The summed E-state index contributed by atoms with van der Waals surface area (Å²) < 4.78 is 5.56. The van der Waals surface area contributed by atoms with E-state index in [9.17, 15) is 4.79 Å². The number of carbonyl (C=O) groups is 1. The van der Waals surface area contributed by atoms with E-state index in [1.54, 1.807) is 12.3 Å². The molecule has 0 saturated carbocycles. The molecule has 2 aromatic heterocycles. The highest BCUT2D eigenvalue weighted by Gasteiger charge is 2.22. The van der Waals surface area contributed by atoms with Crippen molar-refractivity contribution < 1.29 is 9.32 Å². The topological polar surface area (TPSA) is 80.9 Å². The van der Waals surface area contributed by atoms with Crippen LogP contribution in [-0.4, -0.2) is 21.0 Å². The summed E-state index contributed by atoms with van der Waals surface area (Å²) in [5, 5.41) is 7.13. The van der Waals surface area contributed by atoms with Gasteiger partial charge in [0.25, 0.3) is 0 Å². The Hall–Kier alpha value is -3.80. The van der Waals surface area contributed by atoms with Crippen LogP contribution in [0.2, 0.25) is 0 Å². The number of nitrogens with one attached hydrogen (secondary N) is 1. The zero-order valence-corrected chi connectivity index (χ0v) is 17.1. The molecule has 0 saturated heterocycles. The van der Waals surface area contributed by atoms with E-state index in [2.05, 4.69) is 20.4 Å². The van der Waals surface area contributed by atoms with E-state index in [0.717, 1.165) is 27.8 Å². The first-order valence-electron chi connectivity index (χ1n) is 9.71. The van der Waals surface area contributed by atoms with Crippen molar-refractivity contribution in [1.82, 2.24) is 15.1 Å². The van der Waals surface area contributed by atoms with Gasteiger partial charge in [-0.2, -0.15) is 0 Å². The predicted octanol–water partition coefficient (Wildman–Crippen LogP) is 4.91. The van der Waals surface area contributed by atoms with Gasteiger partial charge in [-0.15, -0.1) is 0 Å². The normalized spacial score (nSPS) is 10.8. The summed E-state index contributed by atoms with van der Waals surface area (Å²) in [7, 11) is 0. The van der Waals surface area contributed by atoms with Crippen LogP contribution in [0, 0.1) is 20.8 Å². The Bertz CT molecular complexity index is 1200.